The van der Waals surface area contributed by atoms with Crippen molar-refractivity contribution in [2.45, 2.75) is 288 Å². The van der Waals surface area contributed by atoms with Crippen molar-refractivity contribution >= 4 is 5.91 Å². The number of carbonyl (C=O) groups is 1. The van der Waals surface area contributed by atoms with Crippen molar-refractivity contribution in [3.63, 3.8) is 0 Å². The van der Waals surface area contributed by atoms with Crippen molar-refractivity contribution in [1.29, 1.82) is 0 Å². The molecular weight excluding hydrogens is 743 g/mol. The number of hydrogen-bond donors (Lipinski definition) is 6. The minimum atomic E-state index is -1.55. The van der Waals surface area contributed by atoms with Crippen LogP contribution in [0.4, 0.5) is 0 Å². The number of carbonyl (C=O) groups excluding carboxylic acids is 1. The second-order valence-corrected chi connectivity index (χ2v) is 18.0. The van der Waals surface area contributed by atoms with Gasteiger partial charge in [0.2, 0.25) is 5.91 Å². The highest BCUT2D eigenvalue weighted by Crippen LogP contribution is 2.23. The van der Waals surface area contributed by atoms with Crippen molar-refractivity contribution in [1.82, 2.24) is 5.32 Å². The maximum Gasteiger partial charge on any atom is 0.220 e. The number of ether oxygens (including phenoxy) is 2. The molecule has 0 bridgehead atoms. The Labute approximate surface area is 363 Å². The first-order chi connectivity index (χ1) is 28.8. The van der Waals surface area contributed by atoms with E-state index in [9.17, 15) is 30.3 Å². The van der Waals surface area contributed by atoms with Gasteiger partial charge in [0.05, 0.1) is 25.4 Å². The third-order valence-electron chi connectivity index (χ3n) is 12.4. The molecule has 1 aliphatic rings. The summed E-state index contributed by atoms with van der Waals surface area (Å²) in [6.45, 7) is 3.75. The van der Waals surface area contributed by atoms with Gasteiger partial charge in [-0.2, -0.15) is 0 Å². The van der Waals surface area contributed by atoms with E-state index in [1.54, 1.807) is 0 Å². The van der Waals surface area contributed by atoms with Gasteiger partial charge in [-0.05, 0) is 38.5 Å². The number of nitrogens with one attached hydrogen (secondary N) is 1. The van der Waals surface area contributed by atoms with E-state index >= 15 is 0 Å². The first kappa shape index (κ1) is 55.9. The average Bonchev–Trinajstić information content (AvgIpc) is 3.23. The van der Waals surface area contributed by atoms with Crippen LogP contribution in [-0.4, -0.2) is 87.5 Å². The van der Waals surface area contributed by atoms with E-state index in [1.807, 2.05) is 0 Å². The number of rotatable bonds is 43. The number of hydrogen-bond acceptors (Lipinski definition) is 8. The predicted octanol–water partition coefficient (Wildman–Crippen LogP) is 11.3. The fourth-order valence-electron chi connectivity index (χ4n) is 8.27. The number of aliphatic hydroxyl groups is 5. The molecule has 0 aromatic carbocycles. The van der Waals surface area contributed by atoms with Crippen LogP contribution in [-0.2, 0) is 14.3 Å². The SMILES string of the molecule is CCCCCCCCCC/C=C\CCCCCCCCCCCCCCCCCCCCCC(=O)NC(COC1OC(CO)C(O)C(O)C1O)C(O)CCCCCCC. The van der Waals surface area contributed by atoms with Gasteiger partial charge in [0.1, 0.15) is 24.4 Å². The molecule has 1 rings (SSSR count). The molecule has 7 unspecified atom stereocenters. The van der Waals surface area contributed by atoms with E-state index < -0.39 is 49.5 Å². The second-order valence-electron chi connectivity index (χ2n) is 18.0. The van der Waals surface area contributed by atoms with Crippen LogP contribution in [0.25, 0.3) is 0 Å². The van der Waals surface area contributed by atoms with Crippen LogP contribution in [0.5, 0.6) is 0 Å². The van der Waals surface area contributed by atoms with E-state index in [2.05, 4.69) is 31.3 Å². The smallest absolute Gasteiger partial charge is 0.220 e. The Hall–Kier alpha value is -1.07. The fourth-order valence-corrected chi connectivity index (χ4v) is 8.27. The number of allylic oxidation sites excluding steroid dienone is 2. The zero-order valence-corrected chi connectivity index (χ0v) is 38.5. The number of amides is 1. The Morgan fingerprint density at radius 3 is 1.37 bits per heavy atom. The van der Waals surface area contributed by atoms with Gasteiger partial charge >= 0.3 is 0 Å². The maximum absolute atomic E-state index is 12.9. The van der Waals surface area contributed by atoms with Crippen LogP contribution in [0.2, 0.25) is 0 Å². The van der Waals surface area contributed by atoms with E-state index in [1.165, 1.54) is 167 Å². The molecular formula is C50H97NO8. The highest BCUT2D eigenvalue weighted by atomic mass is 16.7. The second kappa shape index (κ2) is 41.0. The summed E-state index contributed by atoms with van der Waals surface area (Å²) < 4.78 is 11.2. The molecule has 1 amide bonds. The zero-order chi connectivity index (χ0) is 43.0. The van der Waals surface area contributed by atoms with Crippen molar-refractivity contribution in [3.8, 4) is 0 Å². The molecule has 0 aliphatic carbocycles. The minimum Gasteiger partial charge on any atom is -0.394 e. The molecule has 6 N–H and O–H groups in total. The van der Waals surface area contributed by atoms with Gasteiger partial charge in [0.15, 0.2) is 6.29 Å². The van der Waals surface area contributed by atoms with Crippen molar-refractivity contribution in [3.05, 3.63) is 12.2 Å². The molecule has 0 aromatic rings. The van der Waals surface area contributed by atoms with Gasteiger partial charge in [-0.15, -0.1) is 0 Å². The molecule has 59 heavy (non-hydrogen) atoms. The summed E-state index contributed by atoms with van der Waals surface area (Å²) in [5.74, 6) is -0.147. The maximum atomic E-state index is 12.9. The topological polar surface area (TPSA) is 149 Å². The third-order valence-corrected chi connectivity index (χ3v) is 12.4. The molecule has 1 heterocycles. The van der Waals surface area contributed by atoms with Crippen molar-refractivity contribution in [2.75, 3.05) is 13.2 Å². The summed E-state index contributed by atoms with van der Waals surface area (Å²) in [5.41, 5.74) is 0. The fraction of sp³-hybridized carbons (Fsp3) is 0.940. The van der Waals surface area contributed by atoms with E-state index in [-0.39, 0.29) is 12.5 Å². The lowest BCUT2D eigenvalue weighted by Crippen LogP contribution is -2.60. The molecule has 0 radical (unpaired) electrons. The lowest BCUT2D eigenvalue weighted by molar-refractivity contribution is -0.302. The van der Waals surface area contributed by atoms with Crippen LogP contribution in [0.3, 0.4) is 0 Å². The van der Waals surface area contributed by atoms with E-state index in [4.69, 9.17) is 9.47 Å². The molecule has 0 saturated carbocycles. The molecule has 1 fully saturated rings. The lowest BCUT2D eigenvalue weighted by Gasteiger charge is -2.40. The Morgan fingerprint density at radius 1 is 0.559 bits per heavy atom. The first-order valence-electron chi connectivity index (χ1n) is 25.4. The van der Waals surface area contributed by atoms with Crippen molar-refractivity contribution < 1.29 is 39.8 Å². The highest BCUT2D eigenvalue weighted by molar-refractivity contribution is 5.76. The predicted molar refractivity (Wildman–Crippen MR) is 244 cm³/mol. The number of unbranched alkanes of at least 4 members (excludes halogenated alkanes) is 31. The molecule has 1 saturated heterocycles. The van der Waals surface area contributed by atoms with Crippen LogP contribution < -0.4 is 5.32 Å². The van der Waals surface area contributed by atoms with Gasteiger partial charge in [0.25, 0.3) is 0 Å². The van der Waals surface area contributed by atoms with Crippen LogP contribution in [0, 0.1) is 0 Å². The third kappa shape index (κ3) is 31.4. The van der Waals surface area contributed by atoms with Gasteiger partial charge in [-0.25, -0.2) is 0 Å². The highest BCUT2D eigenvalue weighted by Gasteiger charge is 2.44. The largest absolute Gasteiger partial charge is 0.394 e. The summed E-state index contributed by atoms with van der Waals surface area (Å²) in [4.78, 5) is 12.9. The standard InChI is InChI=1S/C50H97NO8/c1-3-5-7-9-10-11-12-13-14-15-16-17-18-19-20-21-22-23-24-25-26-27-28-29-30-31-32-33-34-36-38-40-46(54)51-43(44(53)39-37-35-8-6-4-2)42-58-50-49(57)48(56)47(55)45(41-52)59-50/h15-16,43-45,47-50,52-53,55-57H,3-14,17-42H2,1-2H3,(H,51,54)/b16-15-. The van der Waals surface area contributed by atoms with Gasteiger partial charge in [-0.1, -0.05) is 212 Å². The molecule has 1 aliphatic heterocycles. The molecule has 9 nitrogen and oxygen atoms in total. The van der Waals surface area contributed by atoms with Crippen molar-refractivity contribution in [2.24, 2.45) is 0 Å². The summed E-state index contributed by atoms with van der Waals surface area (Å²) in [6.07, 6.45) is 41.7. The molecule has 350 valence electrons. The summed E-state index contributed by atoms with van der Waals surface area (Å²) >= 11 is 0. The van der Waals surface area contributed by atoms with Gasteiger partial charge in [-0.3, -0.25) is 4.79 Å². The Balaban J connectivity index is 2.00. The van der Waals surface area contributed by atoms with Gasteiger partial charge in [0, 0.05) is 6.42 Å². The first-order valence-corrected chi connectivity index (χ1v) is 25.4. The van der Waals surface area contributed by atoms with Gasteiger partial charge < -0.3 is 40.3 Å². The number of aliphatic hydroxyl groups excluding tert-OH is 5. The Morgan fingerprint density at radius 2 is 0.949 bits per heavy atom. The monoisotopic (exact) mass is 840 g/mol. The molecule has 0 spiro atoms. The summed E-state index contributed by atoms with van der Waals surface area (Å²) in [7, 11) is 0. The quantitative estimate of drug-likeness (QED) is 0.0263. The molecule has 9 heteroatoms. The summed E-state index contributed by atoms with van der Waals surface area (Å²) in [5, 5.41) is 53.9. The minimum absolute atomic E-state index is 0.136. The van der Waals surface area contributed by atoms with E-state index in [0.29, 0.717) is 12.8 Å². The normalized spacial score (nSPS) is 20.7. The van der Waals surface area contributed by atoms with E-state index in [0.717, 1.165) is 51.4 Å². The van der Waals surface area contributed by atoms with Crippen LogP contribution >= 0.6 is 0 Å². The average molecular weight is 840 g/mol. The lowest BCUT2D eigenvalue weighted by atomic mass is 9.99. The Bertz CT molecular complexity index is 935. The summed E-state index contributed by atoms with van der Waals surface area (Å²) in [6, 6.07) is -0.710. The Kier molecular flexibility index (Phi) is 38.9. The molecule has 7 atom stereocenters. The van der Waals surface area contributed by atoms with Crippen LogP contribution in [0.15, 0.2) is 12.2 Å². The molecule has 0 aromatic heterocycles. The zero-order valence-electron chi connectivity index (χ0n) is 38.5. The van der Waals surface area contributed by atoms with Crippen LogP contribution in [0.1, 0.15) is 245 Å².